The molecule has 0 fully saturated rings. The molecule has 5 heteroatoms. The van der Waals surface area contributed by atoms with Gasteiger partial charge in [-0.25, -0.2) is 0 Å². The van der Waals surface area contributed by atoms with Crippen molar-refractivity contribution in [3.8, 4) is 0 Å². The van der Waals surface area contributed by atoms with Crippen molar-refractivity contribution in [3.63, 3.8) is 0 Å². The third kappa shape index (κ3) is 4.97. The van der Waals surface area contributed by atoms with Crippen molar-refractivity contribution in [2.75, 3.05) is 20.7 Å². The monoisotopic (exact) mass is 334 g/mol. The summed E-state index contributed by atoms with van der Waals surface area (Å²) in [6.45, 7) is 5.78. The Balaban J connectivity index is 2.59. The normalized spacial score (nSPS) is 14.2. The molecule has 2 N–H and O–H groups in total. The zero-order valence-corrected chi connectivity index (χ0v) is 14.0. The first-order valence-corrected chi connectivity index (χ1v) is 7.73. The van der Waals surface area contributed by atoms with E-state index in [-0.39, 0.29) is 5.60 Å². The molecule has 1 aromatic heterocycles. The maximum Gasteiger partial charge on any atom is 0.0638 e. The molecule has 3 nitrogen and oxygen atoms in total. The van der Waals surface area contributed by atoms with E-state index in [0.29, 0.717) is 12.6 Å². The van der Waals surface area contributed by atoms with Crippen LogP contribution in [0.5, 0.6) is 0 Å². The molecular weight excluding hydrogens is 312 g/mol. The van der Waals surface area contributed by atoms with Gasteiger partial charge in [0.15, 0.2) is 0 Å². The zero-order valence-electron chi connectivity index (χ0n) is 11.6. The van der Waals surface area contributed by atoms with Gasteiger partial charge in [0.1, 0.15) is 0 Å². The standard InChI is InChI=1S/C13H23BrN2OS/c1-13(2,17-4)6-11(7-15)16(3)8-12-5-10(14)9-18-12/h5,9,11H,6-8,15H2,1-4H3. The van der Waals surface area contributed by atoms with Crippen molar-refractivity contribution < 1.29 is 4.74 Å². The number of nitrogens with two attached hydrogens (primary N) is 1. The Hall–Kier alpha value is 0.0600. The molecule has 1 aromatic rings. The van der Waals surface area contributed by atoms with Gasteiger partial charge in [0.25, 0.3) is 0 Å². The molecule has 18 heavy (non-hydrogen) atoms. The third-order valence-corrected chi connectivity index (χ3v) is 4.88. The van der Waals surface area contributed by atoms with Crippen molar-refractivity contribution in [2.24, 2.45) is 5.73 Å². The summed E-state index contributed by atoms with van der Waals surface area (Å²) in [6.07, 6.45) is 0.934. The summed E-state index contributed by atoms with van der Waals surface area (Å²) in [5.74, 6) is 0. The lowest BCUT2D eigenvalue weighted by atomic mass is 9.98. The Kier molecular flexibility index (Phi) is 6.27. The second kappa shape index (κ2) is 7.01. The lowest BCUT2D eigenvalue weighted by Crippen LogP contribution is -2.43. The lowest BCUT2D eigenvalue weighted by molar-refractivity contribution is -0.00528. The van der Waals surface area contributed by atoms with Crippen LogP contribution in [0.15, 0.2) is 15.9 Å². The van der Waals surface area contributed by atoms with Crippen LogP contribution < -0.4 is 5.73 Å². The van der Waals surface area contributed by atoms with E-state index in [2.05, 4.69) is 53.2 Å². The molecule has 0 aliphatic carbocycles. The SMILES string of the molecule is COC(C)(C)CC(CN)N(C)Cc1cc(Br)cs1. The molecule has 1 unspecified atom stereocenters. The van der Waals surface area contributed by atoms with Crippen molar-refractivity contribution in [3.05, 3.63) is 20.8 Å². The van der Waals surface area contributed by atoms with Crippen molar-refractivity contribution in [1.82, 2.24) is 4.90 Å². The average molecular weight is 335 g/mol. The predicted octanol–water partition coefficient (Wildman–Crippen LogP) is 3.08. The molecule has 0 spiro atoms. The van der Waals surface area contributed by atoms with Gasteiger partial charge in [-0.15, -0.1) is 11.3 Å². The average Bonchev–Trinajstić information content (AvgIpc) is 2.71. The van der Waals surface area contributed by atoms with Gasteiger partial charge in [0.05, 0.1) is 5.60 Å². The number of hydrogen-bond donors (Lipinski definition) is 1. The lowest BCUT2D eigenvalue weighted by Gasteiger charge is -2.33. The van der Waals surface area contributed by atoms with Gasteiger partial charge in [-0.2, -0.15) is 0 Å². The summed E-state index contributed by atoms with van der Waals surface area (Å²) in [5.41, 5.74) is 5.76. The third-order valence-electron chi connectivity index (χ3n) is 3.20. The minimum Gasteiger partial charge on any atom is -0.379 e. The largest absolute Gasteiger partial charge is 0.379 e. The van der Waals surface area contributed by atoms with E-state index >= 15 is 0 Å². The first-order chi connectivity index (χ1) is 8.38. The molecule has 0 radical (unpaired) electrons. The first-order valence-electron chi connectivity index (χ1n) is 6.06. The van der Waals surface area contributed by atoms with Crippen molar-refractivity contribution >= 4 is 27.3 Å². The van der Waals surface area contributed by atoms with Gasteiger partial charge >= 0.3 is 0 Å². The molecule has 0 aromatic carbocycles. The molecule has 1 atom stereocenters. The van der Waals surface area contributed by atoms with Gasteiger partial charge in [-0.3, -0.25) is 4.90 Å². The van der Waals surface area contributed by atoms with Gasteiger partial charge in [-0.05, 0) is 49.3 Å². The van der Waals surface area contributed by atoms with E-state index in [1.165, 1.54) is 4.88 Å². The summed E-state index contributed by atoms with van der Waals surface area (Å²) < 4.78 is 6.64. The fraction of sp³-hybridized carbons (Fsp3) is 0.692. The minimum absolute atomic E-state index is 0.131. The van der Waals surface area contributed by atoms with E-state index in [1.807, 2.05) is 0 Å². The number of nitrogens with zero attached hydrogens (tertiary/aromatic N) is 1. The van der Waals surface area contributed by atoms with Crippen molar-refractivity contribution in [1.29, 1.82) is 0 Å². The summed E-state index contributed by atoms with van der Waals surface area (Å²) in [5, 5.41) is 2.11. The number of hydrogen-bond acceptors (Lipinski definition) is 4. The van der Waals surface area contributed by atoms with E-state index in [1.54, 1.807) is 18.4 Å². The molecule has 0 amide bonds. The van der Waals surface area contributed by atoms with Gasteiger partial charge in [0.2, 0.25) is 0 Å². The number of rotatable bonds is 7. The number of halogens is 1. The quantitative estimate of drug-likeness (QED) is 0.832. The predicted molar refractivity (Wildman–Crippen MR) is 82.0 cm³/mol. The molecule has 0 saturated carbocycles. The topological polar surface area (TPSA) is 38.5 Å². The summed E-state index contributed by atoms with van der Waals surface area (Å²) in [6, 6.07) is 2.50. The molecule has 0 aliphatic rings. The van der Waals surface area contributed by atoms with Crippen LogP contribution in [0.2, 0.25) is 0 Å². The summed E-state index contributed by atoms with van der Waals surface area (Å²) >= 11 is 5.25. The highest BCUT2D eigenvalue weighted by Crippen LogP contribution is 2.23. The number of likely N-dealkylation sites (N-methyl/N-ethyl adjacent to an activating group) is 1. The van der Waals surface area contributed by atoms with Crippen LogP contribution in [0.4, 0.5) is 0 Å². The summed E-state index contributed by atoms with van der Waals surface area (Å²) in [4.78, 5) is 3.65. The van der Waals surface area contributed by atoms with Crippen LogP contribution in [0, 0.1) is 0 Å². The Morgan fingerprint density at radius 3 is 2.67 bits per heavy atom. The van der Waals surface area contributed by atoms with Crippen LogP contribution >= 0.6 is 27.3 Å². The molecule has 0 aliphatic heterocycles. The number of ether oxygens (including phenoxy) is 1. The Labute approximate surface area is 122 Å². The summed E-state index contributed by atoms with van der Waals surface area (Å²) in [7, 11) is 3.88. The number of thiophene rings is 1. The van der Waals surface area contributed by atoms with Gasteiger partial charge in [-0.1, -0.05) is 0 Å². The molecule has 104 valence electrons. The molecule has 1 heterocycles. The Morgan fingerprint density at radius 2 is 2.22 bits per heavy atom. The van der Waals surface area contributed by atoms with Crippen LogP contribution in [-0.4, -0.2) is 37.2 Å². The van der Waals surface area contributed by atoms with Crippen LogP contribution in [0.25, 0.3) is 0 Å². The van der Waals surface area contributed by atoms with Crippen LogP contribution in [0.1, 0.15) is 25.1 Å². The highest BCUT2D eigenvalue weighted by Gasteiger charge is 2.24. The maximum atomic E-state index is 5.89. The molecule has 1 rings (SSSR count). The van der Waals surface area contributed by atoms with Crippen molar-refractivity contribution in [2.45, 2.75) is 38.5 Å². The van der Waals surface area contributed by atoms with Gasteiger partial charge in [0, 0.05) is 41.0 Å². The second-order valence-electron chi connectivity index (χ2n) is 5.20. The zero-order chi connectivity index (χ0) is 13.8. The van der Waals surface area contributed by atoms with E-state index in [0.717, 1.165) is 17.4 Å². The Morgan fingerprint density at radius 1 is 1.56 bits per heavy atom. The minimum atomic E-state index is -0.131. The highest BCUT2D eigenvalue weighted by molar-refractivity contribution is 9.10. The Bertz CT molecular complexity index is 368. The maximum absolute atomic E-state index is 5.89. The van der Waals surface area contributed by atoms with E-state index in [9.17, 15) is 0 Å². The number of methoxy groups -OCH3 is 1. The fourth-order valence-electron chi connectivity index (χ4n) is 1.88. The second-order valence-corrected chi connectivity index (χ2v) is 7.12. The first kappa shape index (κ1) is 16.1. The van der Waals surface area contributed by atoms with E-state index in [4.69, 9.17) is 10.5 Å². The van der Waals surface area contributed by atoms with E-state index < -0.39 is 0 Å². The van der Waals surface area contributed by atoms with Crippen LogP contribution in [0.3, 0.4) is 0 Å². The van der Waals surface area contributed by atoms with Gasteiger partial charge < -0.3 is 10.5 Å². The molecule has 0 bridgehead atoms. The molecular formula is C13H23BrN2OS. The van der Waals surface area contributed by atoms with Crippen LogP contribution in [-0.2, 0) is 11.3 Å². The highest BCUT2D eigenvalue weighted by atomic mass is 79.9. The smallest absolute Gasteiger partial charge is 0.0638 e. The molecule has 0 saturated heterocycles. The fourth-order valence-corrected chi connectivity index (χ4v) is 3.39.